The SMILES string of the molecule is O=Cc1ccc(F)c(-c2ccco2)c1.O=Cc1ccc(F)c(Br)c1. The van der Waals surface area contributed by atoms with Gasteiger partial charge in [-0.15, -0.1) is 0 Å². The predicted octanol–water partition coefficient (Wildman–Crippen LogP) is 5.30. The molecule has 0 atom stereocenters. The van der Waals surface area contributed by atoms with E-state index in [1.807, 2.05) is 0 Å². The van der Waals surface area contributed by atoms with Crippen molar-refractivity contribution in [2.24, 2.45) is 0 Å². The molecule has 0 aliphatic rings. The van der Waals surface area contributed by atoms with Crippen LogP contribution in [0.4, 0.5) is 8.78 Å². The summed E-state index contributed by atoms with van der Waals surface area (Å²) in [5.74, 6) is -0.331. The largest absolute Gasteiger partial charge is 0.464 e. The van der Waals surface area contributed by atoms with Gasteiger partial charge in [0.2, 0.25) is 0 Å². The third-order valence-electron chi connectivity index (χ3n) is 2.99. The van der Waals surface area contributed by atoms with Gasteiger partial charge < -0.3 is 4.42 Å². The minimum Gasteiger partial charge on any atom is -0.464 e. The van der Waals surface area contributed by atoms with Crippen LogP contribution in [-0.4, -0.2) is 12.6 Å². The number of carbonyl (C=O) groups excluding carboxylic acids is 2. The van der Waals surface area contributed by atoms with Crippen LogP contribution in [-0.2, 0) is 0 Å². The van der Waals surface area contributed by atoms with Crippen LogP contribution in [0.15, 0.2) is 63.7 Å². The average molecular weight is 393 g/mol. The van der Waals surface area contributed by atoms with E-state index in [9.17, 15) is 18.4 Å². The standard InChI is InChI=1S/C11H7FO2.C7H4BrFO/c12-10-4-3-8(7-13)6-9(10)11-2-1-5-14-11;8-6-3-5(4-10)1-2-7(6)9/h1-7H;1-4H. The number of hydrogen-bond acceptors (Lipinski definition) is 3. The summed E-state index contributed by atoms with van der Waals surface area (Å²) >= 11 is 2.95. The summed E-state index contributed by atoms with van der Waals surface area (Å²) in [6, 6.07) is 11.6. The molecule has 122 valence electrons. The molecule has 0 bridgehead atoms. The van der Waals surface area contributed by atoms with Crippen molar-refractivity contribution in [2.45, 2.75) is 0 Å². The van der Waals surface area contributed by atoms with E-state index in [0.29, 0.717) is 39.5 Å². The molecule has 3 rings (SSSR count). The Balaban J connectivity index is 0.000000185. The van der Waals surface area contributed by atoms with E-state index in [1.165, 1.54) is 42.7 Å². The Bertz CT molecular complexity index is 845. The van der Waals surface area contributed by atoms with Gasteiger partial charge in [-0.05, 0) is 64.5 Å². The van der Waals surface area contributed by atoms with E-state index in [-0.39, 0.29) is 5.82 Å². The highest BCUT2D eigenvalue weighted by Gasteiger charge is 2.07. The van der Waals surface area contributed by atoms with Crippen LogP contribution in [0.2, 0.25) is 0 Å². The first-order valence-electron chi connectivity index (χ1n) is 6.74. The fraction of sp³-hybridized carbons (Fsp3) is 0. The molecule has 0 unspecified atom stereocenters. The number of rotatable bonds is 3. The van der Waals surface area contributed by atoms with Gasteiger partial charge >= 0.3 is 0 Å². The summed E-state index contributed by atoms with van der Waals surface area (Å²) < 4.78 is 31.1. The molecular formula is C18H11BrF2O3. The first kappa shape index (κ1) is 17.7. The number of halogens is 3. The number of furan rings is 1. The maximum atomic E-state index is 13.3. The fourth-order valence-electron chi connectivity index (χ4n) is 1.82. The molecule has 1 aromatic heterocycles. The Morgan fingerprint density at radius 3 is 2.04 bits per heavy atom. The number of carbonyl (C=O) groups is 2. The van der Waals surface area contributed by atoms with Crippen molar-refractivity contribution in [2.75, 3.05) is 0 Å². The lowest BCUT2D eigenvalue weighted by Crippen LogP contribution is -1.86. The van der Waals surface area contributed by atoms with Crippen molar-refractivity contribution < 1.29 is 22.8 Å². The highest BCUT2D eigenvalue weighted by molar-refractivity contribution is 9.10. The maximum absolute atomic E-state index is 13.3. The smallest absolute Gasteiger partial charge is 0.150 e. The molecule has 0 aliphatic carbocycles. The monoisotopic (exact) mass is 392 g/mol. The molecule has 24 heavy (non-hydrogen) atoms. The van der Waals surface area contributed by atoms with Crippen molar-refractivity contribution >= 4 is 28.5 Å². The van der Waals surface area contributed by atoms with Crippen molar-refractivity contribution in [3.8, 4) is 11.3 Å². The lowest BCUT2D eigenvalue weighted by molar-refractivity contribution is 0.111. The Morgan fingerprint density at radius 1 is 0.875 bits per heavy atom. The zero-order valence-electron chi connectivity index (χ0n) is 12.2. The van der Waals surface area contributed by atoms with Crippen molar-refractivity contribution in [3.05, 3.63) is 82.0 Å². The first-order valence-corrected chi connectivity index (χ1v) is 7.53. The lowest BCUT2D eigenvalue weighted by Gasteiger charge is -1.99. The second-order valence-corrected chi connectivity index (χ2v) is 5.48. The summed E-state index contributed by atoms with van der Waals surface area (Å²) in [7, 11) is 0. The Labute approximate surface area is 145 Å². The van der Waals surface area contributed by atoms with Gasteiger partial charge in [0, 0.05) is 11.1 Å². The third kappa shape index (κ3) is 4.45. The average Bonchev–Trinajstić information content (AvgIpc) is 3.13. The van der Waals surface area contributed by atoms with E-state index < -0.39 is 5.82 Å². The number of aldehydes is 2. The molecule has 0 radical (unpaired) electrons. The van der Waals surface area contributed by atoms with E-state index in [1.54, 1.807) is 12.1 Å². The third-order valence-corrected chi connectivity index (χ3v) is 3.60. The van der Waals surface area contributed by atoms with Crippen LogP contribution in [0.25, 0.3) is 11.3 Å². The van der Waals surface area contributed by atoms with Gasteiger partial charge in [-0.1, -0.05) is 0 Å². The molecule has 3 nitrogen and oxygen atoms in total. The van der Waals surface area contributed by atoms with Crippen LogP contribution in [0.3, 0.4) is 0 Å². The Kier molecular flexibility index (Phi) is 6.14. The molecule has 2 aromatic carbocycles. The summed E-state index contributed by atoms with van der Waals surface area (Å²) in [6.45, 7) is 0. The van der Waals surface area contributed by atoms with Crippen LogP contribution in [0.1, 0.15) is 20.7 Å². The quantitative estimate of drug-likeness (QED) is 0.568. The van der Waals surface area contributed by atoms with Gasteiger partial charge in [0.25, 0.3) is 0 Å². The van der Waals surface area contributed by atoms with Crippen LogP contribution < -0.4 is 0 Å². The zero-order valence-corrected chi connectivity index (χ0v) is 13.8. The van der Waals surface area contributed by atoms with Crippen molar-refractivity contribution in [1.29, 1.82) is 0 Å². The Hall–Kier alpha value is -2.60. The van der Waals surface area contributed by atoms with Gasteiger partial charge in [-0.2, -0.15) is 0 Å². The molecule has 0 fully saturated rings. The fourth-order valence-corrected chi connectivity index (χ4v) is 2.22. The van der Waals surface area contributed by atoms with E-state index in [4.69, 9.17) is 4.42 Å². The molecule has 1 heterocycles. The van der Waals surface area contributed by atoms with E-state index in [0.717, 1.165) is 0 Å². The highest BCUT2D eigenvalue weighted by Crippen LogP contribution is 2.23. The summed E-state index contributed by atoms with van der Waals surface area (Å²) in [5, 5.41) is 0. The molecule has 0 saturated heterocycles. The summed E-state index contributed by atoms with van der Waals surface area (Å²) in [5.41, 5.74) is 1.20. The van der Waals surface area contributed by atoms with Crippen LogP contribution in [0, 0.1) is 11.6 Å². The minimum absolute atomic E-state index is 0.305. The van der Waals surface area contributed by atoms with Crippen molar-refractivity contribution in [1.82, 2.24) is 0 Å². The molecule has 0 spiro atoms. The number of hydrogen-bond donors (Lipinski definition) is 0. The molecule has 0 saturated carbocycles. The van der Waals surface area contributed by atoms with Crippen molar-refractivity contribution in [3.63, 3.8) is 0 Å². The van der Waals surface area contributed by atoms with Gasteiger partial charge in [0.05, 0.1) is 16.3 Å². The zero-order chi connectivity index (χ0) is 17.5. The first-order chi connectivity index (χ1) is 11.5. The maximum Gasteiger partial charge on any atom is 0.150 e. The second-order valence-electron chi connectivity index (χ2n) is 4.63. The number of benzene rings is 2. The van der Waals surface area contributed by atoms with Crippen LogP contribution >= 0.6 is 15.9 Å². The molecule has 0 aliphatic heterocycles. The molecular weight excluding hydrogens is 382 g/mol. The lowest BCUT2D eigenvalue weighted by atomic mass is 10.1. The Morgan fingerprint density at radius 2 is 1.50 bits per heavy atom. The van der Waals surface area contributed by atoms with Gasteiger partial charge in [0.15, 0.2) is 0 Å². The molecule has 6 heteroatoms. The second kappa shape index (κ2) is 8.31. The van der Waals surface area contributed by atoms with Gasteiger partial charge in [0.1, 0.15) is 30.0 Å². The van der Waals surface area contributed by atoms with E-state index in [2.05, 4.69) is 15.9 Å². The van der Waals surface area contributed by atoms with Gasteiger partial charge in [-0.25, -0.2) is 8.78 Å². The van der Waals surface area contributed by atoms with Gasteiger partial charge in [-0.3, -0.25) is 9.59 Å². The topological polar surface area (TPSA) is 47.3 Å². The van der Waals surface area contributed by atoms with Crippen LogP contribution in [0.5, 0.6) is 0 Å². The highest BCUT2D eigenvalue weighted by atomic mass is 79.9. The molecule has 0 N–H and O–H groups in total. The summed E-state index contributed by atoms with van der Waals surface area (Å²) in [4.78, 5) is 20.6. The predicted molar refractivity (Wildman–Crippen MR) is 89.0 cm³/mol. The minimum atomic E-state index is -0.398. The summed E-state index contributed by atoms with van der Waals surface area (Å²) in [6.07, 6.45) is 2.80. The molecule has 3 aromatic rings. The normalized spacial score (nSPS) is 9.79. The molecule has 0 amide bonds. The van der Waals surface area contributed by atoms with E-state index >= 15 is 0 Å².